The van der Waals surface area contributed by atoms with E-state index in [-0.39, 0.29) is 6.04 Å². The first-order valence-electron chi connectivity index (χ1n) is 8.23. The number of benzene rings is 1. The summed E-state index contributed by atoms with van der Waals surface area (Å²) >= 11 is 0. The molecule has 1 aromatic heterocycles. The molecule has 1 heterocycles. The van der Waals surface area contributed by atoms with Crippen molar-refractivity contribution in [3.05, 3.63) is 59.0 Å². The summed E-state index contributed by atoms with van der Waals surface area (Å²) in [6.07, 6.45) is 5.01. The molecule has 1 saturated carbocycles. The van der Waals surface area contributed by atoms with Crippen LogP contribution in [0, 0.1) is 0 Å². The van der Waals surface area contributed by atoms with Gasteiger partial charge in [0.15, 0.2) is 0 Å². The lowest BCUT2D eigenvalue weighted by Crippen LogP contribution is -2.22. The van der Waals surface area contributed by atoms with E-state index in [9.17, 15) is 0 Å². The van der Waals surface area contributed by atoms with Crippen LogP contribution in [0.3, 0.4) is 0 Å². The highest BCUT2D eigenvalue weighted by Gasteiger charge is 2.22. The topological polar surface area (TPSA) is 25.2 Å². The molecule has 1 aliphatic carbocycles. The average molecular weight is 283 g/mol. The summed E-state index contributed by atoms with van der Waals surface area (Å²) in [5, 5.41) is 3.56. The van der Waals surface area contributed by atoms with Gasteiger partial charge < -0.3 is 9.73 Å². The van der Waals surface area contributed by atoms with E-state index in [0.29, 0.717) is 0 Å². The molecular formula is C19H25NO. The Morgan fingerprint density at radius 3 is 2.67 bits per heavy atom. The van der Waals surface area contributed by atoms with E-state index < -0.39 is 0 Å². The Balaban J connectivity index is 1.89. The molecule has 112 valence electrons. The number of furan rings is 1. The van der Waals surface area contributed by atoms with Gasteiger partial charge in [-0.25, -0.2) is 0 Å². The molecule has 0 saturated heterocycles. The number of hydrogen-bond donors (Lipinski definition) is 1. The van der Waals surface area contributed by atoms with E-state index in [1.807, 2.05) is 0 Å². The van der Waals surface area contributed by atoms with E-state index in [1.54, 1.807) is 0 Å². The lowest BCUT2D eigenvalue weighted by atomic mass is 9.79. The Labute approximate surface area is 127 Å². The third-order valence-corrected chi connectivity index (χ3v) is 4.54. The van der Waals surface area contributed by atoms with Gasteiger partial charge in [0.2, 0.25) is 0 Å². The van der Waals surface area contributed by atoms with Crippen molar-refractivity contribution in [3.63, 3.8) is 0 Å². The maximum Gasteiger partial charge on any atom is 0.125 e. The average Bonchev–Trinajstić information content (AvgIpc) is 2.92. The van der Waals surface area contributed by atoms with Crippen LogP contribution in [0.1, 0.15) is 67.7 Å². The van der Waals surface area contributed by atoms with Crippen molar-refractivity contribution in [1.82, 2.24) is 5.32 Å². The van der Waals surface area contributed by atoms with Crippen LogP contribution in [0.2, 0.25) is 0 Å². The minimum atomic E-state index is 0.162. The van der Waals surface area contributed by atoms with E-state index in [0.717, 1.165) is 30.4 Å². The maximum atomic E-state index is 5.98. The van der Waals surface area contributed by atoms with Gasteiger partial charge >= 0.3 is 0 Å². The molecule has 21 heavy (non-hydrogen) atoms. The zero-order valence-corrected chi connectivity index (χ0v) is 13.1. The predicted octanol–water partition coefficient (Wildman–Crippen LogP) is 4.81. The molecule has 1 atom stereocenters. The first-order valence-corrected chi connectivity index (χ1v) is 8.23. The lowest BCUT2D eigenvalue weighted by Gasteiger charge is -2.27. The highest BCUT2D eigenvalue weighted by molar-refractivity contribution is 5.33. The summed E-state index contributed by atoms with van der Waals surface area (Å²) < 4.78 is 5.98. The summed E-state index contributed by atoms with van der Waals surface area (Å²) in [6.45, 7) is 5.20. The largest absolute Gasteiger partial charge is 0.464 e. The van der Waals surface area contributed by atoms with E-state index >= 15 is 0 Å². The second-order valence-corrected chi connectivity index (χ2v) is 5.95. The smallest absolute Gasteiger partial charge is 0.125 e. The van der Waals surface area contributed by atoms with Crippen LogP contribution >= 0.6 is 0 Å². The monoisotopic (exact) mass is 283 g/mol. The second-order valence-electron chi connectivity index (χ2n) is 5.95. The van der Waals surface area contributed by atoms with Crippen LogP contribution < -0.4 is 5.32 Å². The molecule has 1 N–H and O–H groups in total. The minimum absolute atomic E-state index is 0.162. The molecule has 3 rings (SSSR count). The Morgan fingerprint density at radius 1 is 1.19 bits per heavy atom. The zero-order valence-electron chi connectivity index (χ0n) is 13.1. The number of aryl methyl sites for hydroxylation is 1. The van der Waals surface area contributed by atoms with Gasteiger partial charge in [-0.2, -0.15) is 0 Å². The molecule has 2 heteroatoms. The third kappa shape index (κ3) is 3.06. The van der Waals surface area contributed by atoms with Crippen LogP contribution in [-0.2, 0) is 6.42 Å². The van der Waals surface area contributed by atoms with Crippen molar-refractivity contribution < 1.29 is 4.42 Å². The lowest BCUT2D eigenvalue weighted by molar-refractivity contribution is 0.415. The second kappa shape index (κ2) is 6.48. The predicted molar refractivity (Wildman–Crippen MR) is 86.6 cm³/mol. The van der Waals surface area contributed by atoms with E-state index in [2.05, 4.69) is 55.6 Å². The van der Waals surface area contributed by atoms with Crippen LogP contribution in [0.4, 0.5) is 0 Å². The summed E-state index contributed by atoms with van der Waals surface area (Å²) in [5.74, 6) is 2.86. The fraction of sp³-hybridized carbons (Fsp3) is 0.474. The van der Waals surface area contributed by atoms with Gasteiger partial charge in [-0.15, -0.1) is 0 Å². The Bertz CT molecular complexity index is 583. The molecule has 0 bridgehead atoms. The highest BCUT2D eigenvalue weighted by atomic mass is 16.3. The zero-order chi connectivity index (χ0) is 14.7. The van der Waals surface area contributed by atoms with E-state index in [1.165, 1.54) is 30.4 Å². The van der Waals surface area contributed by atoms with E-state index in [4.69, 9.17) is 4.42 Å². The first-order chi connectivity index (χ1) is 10.3. The van der Waals surface area contributed by atoms with Crippen LogP contribution in [0.5, 0.6) is 0 Å². The third-order valence-electron chi connectivity index (χ3n) is 4.54. The fourth-order valence-electron chi connectivity index (χ4n) is 3.06. The van der Waals surface area contributed by atoms with Crippen molar-refractivity contribution in [2.45, 2.75) is 51.5 Å². The molecular weight excluding hydrogens is 258 g/mol. The van der Waals surface area contributed by atoms with Gasteiger partial charge in [0.25, 0.3) is 0 Å². The molecule has 0 radical (unpaired) electrons. The van der Waals surface area contributed by atoms with Crippen LogP contribution in [-0.4, -0.2) is 6.54 Å². The van der Waals surface area contributed by atoms with Crippen molar-refractivity contribution in [1.29, 1.82) is 0 Å². The normalized spacial score (nSPS) is 16.7. The quantitative estimate of drug-likeness (QED) is 0.823. The highest BCUT2D eigenvalue weighted by Crippen LogP contribution is 2.37. The maximum absolute atomic E-state index is 5.98. The summed E-state index contributed by atoms with van der Waals surface area (Å²) in [6, 6.07) is 13.4. The van der Waals surface area contributed by atoms with Gasteiger partial charge in [0, 0.05) is 6.42 Å². The Hall–Kier alpha value is -1.54. The Kier molecular flexibility index (Phi) is 4.45. The molecule has 1 aliphatic rings. The Morgan fingerprint density at radius 2 is 2.05 bits per heavy atom. The number of hydrogen-bond acceptors (Lipinski definition) is 2. The molecule has 0 amide bonds. The minimum Gasteiger partial charge on any atom is -0.464 e. The number of nitrogens with one attached hydrogen (secondary N) is 1. The van der Waals surface area contributed by atoms with Gasteiger partial charge in [0.1, 0.15) is 11.5 Å². The summed E-state index contributed by atoms with van der Waals surface area (Å²) in [7, 11) is 0. The van der Waals surface area contributed by atoms with Gasteiger partial charge in [0.05, 0.1) is 6.04 Å². The van der Waals surface area contributed by atoms with Crippen LogP contribution in [0.15, 0.2) is 40.8 Å². The van der Waals surface area contributed by atoms with Crippen molar-refractivity contribution >= 4 is 0 Å². The summed E-state index contributed by atoms with van der Waals surface area (Å²) in [4.78, 5) is 0. The van der Waals surface area contributed by atoms with Crippen molar-refractivity contribution in [2.75, 3.05) is 6.54 Å². The fourth-order valence-corrected chi connectivity index (χ4v) is 3.06. The molecule has 0 spiro atoms. The van der Waals surface area contributed by atoms with Crippen molar-refractivity contribution in [3.8, 4) is 0 Å². The van der Waals surface area contributed by atoms with Gasteiger partial charge in [-0.1, -0.05) is 44.5 Å². The standard InChI is InChI=1S/C19H25NO/c1-3-17-11-12-18(21-17)19(20-4-2)16-10-6-9-15(13-16)14-7-5-8-14/h6,9-14,19-20H,3-5,7-8H2,1-2H3. The molecule has 1 aromatic carbocycles. The van der Waals surface area contributed by atoms with Crippen molar-refractivity contribution in [2.24, 2.45) is 0 Å². The van der Waals surface area contributed by atoms with Crippen LogP contribution in [0.25, 0.3) is 0 Å². The molecule has 2 aromatic rings. The number of rotatable bonds is 6. The summed E-state index contributed by atoms with van der Waals surface area (Å²) in [5.41, 5.74) is 2.81. The van der Waals surface area contributed by atoms with Gasteiger partial charge in [-0.05, 0) is 48.6 Å². The van der Waals surface area contributed by atoms with Gasteiger partial charge in [-0.3, -0.25) is 0 Å². The molecule has 1 fully saturated rings. The first kappa shape index (κ1) is 14.4. The SMILES string of the molecule is CCNC(c1cccc(C2CCC2)c1)c1ccc(CC)o1. The molecule has 0 aliphatic heterocycles. The molecule has 2 nitrogen and oxygen atoms in total. The molecule has 1 unspecified atom stereocenters.